The Morgan fingerprint density at radius 2 is 2.22 bits per heavy atom. The number of carbonyl (C=O) groups is 1. The van der Waals surface area contributed by atoms with Crippen molar-refractivity contribution in [3.63, 3.8) is 0 Å². The second kappa shape index (κ2) is 8.40. The second-order valence-electron chi connectivity index (χ2n) is 3.59. The van der Waals surface area contributed by atoms with E-state index >= 15 is 0 Å². The molecule has 0 radical (unpaired) electrons. The van der Waals surface area contributed by atoms with Crippen molar-refractivity contribution in [1.82, 2.24) is 5.32 Å². The monoisotopic (exact) mass is 287 g/mol. The van der Waals surface area contributed by atoms with Crippen LogP contribution < -0.4 is 5.32 Å². The summed E-state index contributed by atoms with van der Waals surface area (Å²) in [6, 6.07) is 5.73. The van der Waals surface area contributed by atoms with E-state index in [1.54, 1.807) is 6.92 Å². The minimum absolute atomic E-state index is 0.197. The van der Waals surface area contributed by atoms with Crippen LogP contribution >= 0.6 is 23.4 Å². The molecule has 0 aromatic heterocycles. The van der Waals surface area contributed by atoms with Crippen LogP contribution in [0.4, 0.5) is 0 Å². The van der Waals surface area contributed by atoms with Crippen molar-refractivity contribution in [3.8, 4) is 0 Å². The summed E-state index contributed by atoms with van der Waals surface area (Å²) in [5.41, 5.74) is 1.04. The molecule has 0 bridgehead atoms. The molecule has 0 unspecified atom stereocenters. The van der Waals surface area contributed by atoms with Gasteiger partial charge in [0.25, 0.3) is 0 Å². The molecule has 0 saturated heterocycles. The number of ether oxygens (including phenoxy) is 1. The van der Waals surface area contributed by atoms with E-state index in [0.717, 1.165) is 22.0 Å². The van der Waals surface area contributed by atoms with Gasteiger partial charge in [0.15, 0.2) is 0 Å². The Bertz CT molecular complexity index is 399. The lowest BCUT2D eigenvalue weighted by Crippen LogP contribution is -2.13. The van der Waals surface area contributed by atoms with E-state index < -0.39 is 0 Å². The molecular weight excluding hydrogens is 270 g/mol. The molecular formula is C13H18ClNO2S. The molecule has 5 heteroatoms. The molecule has 1 rings (SSSR count). The van der Waals surface area contributed by atoms with Gasteiger partial charge >= 0.3 is 5.97 Å². The summed E-state index contributed by atoms with van der Waals surface area (Å²) in [4.78, 5) is 12.4. The number of carbonyl (C=O) groups excluding carboxylic acids is 1. The highest BCUT2D eigenvalue weighted by Gasteiger charge is 2.09. The topological polar surface area (TPSA) is 38.3 Å². The molecule has 18 heavy (non-hydrogen) atoms. The van der Waals surface area contributed by atoms with E-state index in [4.69, 9.17) is 16.3 Å². The maximum Gasteiger partial charge on any atom is 0.316 e. The van der Waals surface area contributed by atoms with Crippen molar-refractivity contribution in [2.45, 2.75) is 25.3 Å². The van der Waals surface area contributed by atoms with Crippen LogP contribution in [0.15, 0.2) is 23.1 Å². The summed E-state index contributed by atoms with van der Waals surface area (Å²) in [6.45, 7) is 5.86. The van der Waals surface area contributed by atoms with E-state index in [2.05, 4.69) is 5.32 Å². The molecule has 0 aliphatic carbocycles. The zero-order chi connectivity index (χ0) is 13.4. The van der Waals surface area contributed by atoms with Gasteiger partial charge in [0.1, 0.15) is 0 Å². The van der Waals surface area contributed by atoms with Crippen LogP contribution in [0, 0.1) is 0 Å². The number of thioether (sulfide) groups is 1. The van der Waals surface area contributed by atoms with Crippen LogP contribution in [0.2, 0.25) is 5.02 Å². The third-order valence-electron chi connectivity index (χ3n) is 2.28. The summed E-state index contributed by atoms with van der Waals surface area (Å²) >= 11 is 7.63. The number of esters is 1. The lowest BCUT2D eigenvalue weighted by atomic mass is 10.2. The van der Waals surface area contributed by atoms with Crippen molar-refractivity contribution < 1.29 is 9.53 Å². The highest BCUT2D eigenvalue weighted by molar-refractivity contribution is 8.00. The van der Waals surface area contributed by atoms with Crippen LogP contribution in [0.25, 0.3) is 0 Å². The molecule has 0 aliphatic heterocycles. The summed E-state index contributed by atoms with van der Waals surface area (Å²) in [5.74, 6) is 0.115. The summed E-state index contributed by atoms with van der Waals surface area (Å²) in [7, 11) is 0. The van der Waals surface area contributed by atoms with Crippen LogP contribution in [-0.4, -0.2) is 24.9 Å². The third-order valence-corrected chi connectivity index (χ3v) is 3.71. The summed E-state index contributed by atoms with van der Waals surface area (Å²) < 4.78 is 4.91. The molecule has 0 fully saturated rings. The number of benzene rings is 1. The molecule has 100 valence electrons. The van der Waals surface area contributed by atoms with Gasteiger partial charge in [-0.1, -0.05) is 24.6 Å². The van der Waals surface area contributed by atoms with Gasteiger partial charge in [0, 0.05) is 16.5 Å². The molecule has 0 spiro atoms. The largest absolute Gasteiger partial charge is 0.465 e. The highest BCUT2D eigenvalue weighted by Crippen LogP contribution is 2.28. The van der Waals surface area contributed by atoms with Crippen molar-refractivity contribution in [2.75, 3.05) is 18.9 Å². The van der Waals surface area contributed by atoms with Gasteiger partial charge in [0.05, 0.1) is 12.4 Å². The van der Waals surface area contributed by atoms with Gasteiger partial charge in [-0.05, 0) is 31.2 Å². The number of hydrogen-bond acceptors (Lipinski definition) is 4. The van der Waals surface area contributed by atoms with Crippen LogP contribution in [0.5, 0.6) is 0 Å². The Labute approximate surface area is 117 Å². The lowest BCUT2D eigenvalue weighted by Gasteiger charge is -2.11. The van der Waals surface area contributed by atoms with Gasteiger partial charge in [-0.3, -0.25) is 4.79 Å². The van der Waals surface area contributed by atoms with Crippen molar-refractivity contribution in [2.24, 2.45) is 0 Å². The first-order chi connectivity index (χ1) is 8.69. The maximum atomic E-state index is 11.3. The Morgan fingerprint density at radius 1 is 1.44 bits per heavy atom. The van der Waals surface area contributed by atoms with E-state index in [-0.39, 0.29) is 5.97 Å². The molecule has 1 N–H and O–H groups in total. The fourth-order valence-electron chi connectivity index (χ4n) is 1.43. The average Bonchev–Trinajstić information content (AvgIpc) is 2.35. The Balaban J connectivity index is 2.68. The van der Waals surface area contributed by atoms with E-state index in [0.29, 0.717) is 18.9 Å². The standard InChI is InChI=1S/C13H18ClNO2S/c1-3-15-8-10-11(14)6-5-7-12(10)18-9-13(16)17-4-2/h5-7,15H,3-4,8-9H2,1-2H3. The first-order valence-electron chi connectivity index (χ1n) is 5.95. The van der Waals surface area contributed by atoms with Gasteiger partial charge in [-0.2, -0.15) is 0 Å². The molecule has 1 aromatic rings. The van der Waals surface area contributed by atoms with Crippen LogP contribution in [0.1, 0.15) is 19.4 Å². The molecule has 0 amide bonds. The van der Waals surface area contributed by atoms with Gasteiger partial charge < -0.3 is 10.1 Å². The number of rotatable bonds is 7. The average molecular weight is 288 g/mol. The van der Waals surface area contributed by atoms with E-state index in [9.17, 15) is 4.79 Å². The molecule has 0 atom stereocenters. The SMILES string of the molecule is CCNCc1c(Cl)cccc1SCC(=O)OCC. The van der Waals surface area contributed by atoms with Crippen LogP contribution in [0.3, 0.4) is 0 Å². The third kappa shape index (κ3) is 4.88. The van der Waals surface area contributed by atoms with Crippen molar-refractivity contribution >= 4 is 29.3 Å². The highest BCUT2D eigenvalue weighted by atomic mass is 35.5. The normalized spacial score (nSPS) is 10.4. The smallest absolute Gasteiger partial charge is 0.316 e. The van der Waals surface area contributed by atoms with Gasteiger partial charge in [-0.15, -0.1) is 11.8 Å². The summed E-state index contributed by atoms with van der Waals surface area (Å²) in [6.07, 6.45) is 0. The zero-order valence-corrected chi connectivity index (χ0v) is 12.2. The Hall–Kier alpha value is -0.710. The van der Waals surface area contributed by atoms with Crippen LogP contribution in [-0.2, 0) is 16.1 Å². The van der Waals surface area contributed by atoms with Crippen molar-refractivity contribution in [1.29, 1.82) is 0 Å². The second-order valence-corrected chi connectivity index (χ2v) is 5.01. The Morgan fingerprint density at radius 3 is 2.89 bits per heavy atom. The first kappa shape index (κ1) is 15.3. The van der Waals surface area contributed by atoms with E-state index in [1.807, 2.05) is 25.1 Å². The first-order valence-corrected chi connectivity index (χ1v) is 7.31. The number of nitrogens with one attached hydrogen (secondary N) is 1. The Kier molecular flexibility index (Phi) is 7.16. The van der Waals surface area contributed by atoms with Gasteiger partial charge in [0.2, 0.25) is 0 Å². The minimum atomic E-state index is -0.197. The van der Waals surface area contributed by atoms with Crippen molar-refractivity contribution in [3.05, 3.63) is 28.8 Å². The minimum Gasteiger partial charge on any atom is -0.465 e. The molecule has 0 heterocycles. The maximum absolute atomic E-state index is 11.3. The molecule has 1 aromatic carbocycles. The quantitative estimate of drug-likeness (QED) is 0.618. The molecule has 3 nitrogen and oxygen atoms in total. The predicted molar refractivity (Wildman–Crippen MR) is 76.2 cm³/mol. The fraction of sp³-hybridized carbons (Fsp3) is 0.462. The zero-order valence-electron chi connectivity index (χ0n) is 10.7. The van der Waals surface area contributed by atoms with Gasteiger partial charge in [-0.25, -0.2) is 0 Å². The lowest BCUT2D eigenvalue weighted by molar-refractivity contribution is -0.139. The predicted octanol–water partition coefficient (Wildman–Crippen LogP) is 3.10. The molecule has 0 aliphatic rings. The van der Waals surface area contributed by atoms with E-state index in [1.165, 1.54) is 11.8 Å². The number of hydrogen-bond donors (Lipinski definition) is 1. The fourth-order valence-corrected chi connectivity index (χ4v) is 2.62. The number of halogens is 1. The molecule has 0 saturated carbocycles. The summed E-state index contributed by atoms with van der Waals surface area (Å²) in [5, 5.41) is 3.97.